The summed E-state index contributed by atoms with van der Waals surface area (Å²) in [5.74, 6) is -2.27. The van der Waals surface area contributed by atoms with Crippen LogP contribution in [0.4, 0.5) is 0 Å². The topological polar surface area (TPSA) is 114 Å². The number of esters is 2. The summed E-state index contributed by atoms with van der Waals surface area (Å²) in [6, 6.07) is 8.24. The summed E-state index contributed by atoms with van der Waals surface area (Å²) in [5, 5.41) is 5.06. The molecule has 1 aromatic rings. The van der Waals surface area contributed by atoms with Crippen LogP contribution in [0.3, 0.4) is 0 Å². The van der Waals surface area contributed by atoms with Crippen molar-refractivity contribution in [1.82, 2.24) is 15.5 Å². The third-order valence-electron chi connectivity index (χ3n) is 4.08. The number of nitrogens with one attached hydrogen (secondary N) is 2. The van der Waals surface area contributed by atoms with Crippen molar-refractivity contribution in [2.45, 2.75) is 26.0 Å². The molecule has 1 fully saturated rings. The Bertz CT molecular complexity index is 827. The molecule has 1 aliphatic rings. The Morgan fingerprint density at radius 1 is 1.23 bits per heavy atom. The van der Waals surface area contributed by atoms with Crippen molar-refractivity contribution >= 4 is 41.1 Å². The van der Waals surface area contributed by atoms with E-state index in [1.807, 2.05) is 30.3 Å². The molecule has 0 bridgehead atoms. The van der Waals surface area contributed by atoms with E-state index in [9.17, 15) is 19.2 Å². The van der Waals surface area contributed by atoms with Crippen LogP contribution in [-0.2, 0) is 35.3 Å². The van der Waals surface area contributed by atoms with Crippen LogP contribution in [0.1, 0.15) is 18.9 Å². The SMILES string of the molecule is CCOC(=O)C=CC(=O)NC(=S)N1CCNC(=O)C1CC(=O)OCc1ccccc1. The van der Waals surface area contributed by atoms with Crippen molar-refractivity contribution in [3.63, 3.8) is 0 Å². The van der Waals surface area contributed by atoms with E-state index in [0.29, 0.717) is 13.1 Å². The summed E-state index contributed by atoms with van der Waals surface area (Å²) in [6.07, 6.45) is 1.73. The lowest BCUT2D eigenvalue weighted by molar-refractivity contribution is -0.148. The molecule has 1 aromatic carbocycles. The van der Waals surface area contributed by atoms with E-state index in [-0.39, 0.29) is 24.7 Å². The first-order chi connectivity index (χ1) is 14.4. The number of piperazine rings is 1. The number of hydrogen-bond donors (Lipinski definition) is 2. The largest absolute Gasteiger partial charge is 0.463 e. The second-order valence-electron chi connectivity index (χ2n) is 6.23. The Labute approximate surface area is 179 Å². The van der Waals surface area contributed by atoms with Gasteiger partial charge in [-0.1, -0.05) is 30.3 Å². The first-order valence-electron chi connectivity index (χ1n) is 9.34. The van der Waals surface area contributed by atoms with E-state index in [4.69, 9.17) is 21.7 Å². The lowest BCUT2D eigenvalue weighted by atomic mass is 10.1. The van der Waals surface area contributed by atoms with E-state index >= 15 is 0 Å². The normalized spacial score (nSPS) is 16.0. The van der Waals surface area contributed by atoms with Gasteiger partial charge in [0.15, 0.2) is 5.11 Å². The maximum atomic E-state index is 12.3. The fourth-order valence-corrected chi connectivity index (χ4v) is 2.99. The van der Waals surface area contributed by atoms with Crippen molar-refractivity contribution < 1.29 is 28.7 Å². The molecular formula is C20H23N3O6S. The second kappa shape index (κ2) is 11.7. The molecule has 0 radical (unpaired) electrons. The summed E-state index contributed by atoms with van der Waals surface area (Å²) >= 11 is 5.22. The molecule has 0 aromatic heterocycles. The molecule has 2 amide bonds. The second-order valence-corrected chi connectivity index (χ2v) is 6.62. The molecule has 0 aliphatic carbocycles. The summed E-state index contributed by atoms with van der Waals surface area (Å²) in [7, 11) is 0. The summed E-state index contributed by atoms with van der Waals surface area (Å²) in [6.45, 7) is 2.54. The number of hydrogen-bond acceptors (Lipinski definition) is 7. The number of carbonyl (C=O) groups is 4. The highest BCUT2D eigenvalue weighted by Crippen LogP contribution is 2.12. The zero-order valence-corrected chi connectivity index (χ0v) is 17.3. The lowest BCUT2D eigenvalue weighted by Crippen LogP contribution is -2.60. The minimum Gasteiger partial charge on any atom is -0.463 e. The Kier molecular flexibility index (Phi) is 8.95. The third kappa shape index (κ3) is 7.28. The number of carbonyl (C=O) groups excluding carboxylic acids is 4. The van der Waals surface area contributed by atoms with Gasteiger partial charge < -0.3 is 19.7 Å². The highest BCUT2D eigenvalue weighted by atomic mass is 32.1. The van der Waals surface area contributed by atoms with Gasteiger partial charge in [-0.25, -0.2) is 4.79 Å². The monoisotopic (exact) mass is 433 g/mol. The number of ether oxygens (including phenoxy) is 2. The van der Waals surface area contributed by atoms with Gasteiger partial charge in [0.05, 0.1) is 13.0 Å². The summed E-state index contributed by atoms with van der Waals surface area (Å²) in [5.41, 5.74) is 0.826. The smallest absolute Gasteiger partial charge is 0.330 e. The fraction of sp³-hybridized carbons (Fsp3) is 0.350. The van der Waals surface area contributed by atoms with Crippen LogP contribution < -0.4 is 10.6 Å². The van der Waals surface area contributed by atoms with Crippen LogP contribution in [-0.4, -0.2) is 59.5 Å². The average Bonchev–Trinajstić information content (AvgIpc) is 2.73. The molecular weight excluding hydrogens is 410 g/mol. The van der Waals surface area contributed by atoms with Crippen LogP contribution in [0.25, 0.3) is 0 Å². The molecule has 1 heterocycles. The van der Waals surface area contributed by atoms with Gasteiger partial charge in [0, 0.05) is 25.2 Å². The predicted octanol–water partition coefficient (Wildman–Crippen LogP) is 0.441. The maximum Gasteiger partial charge on any atom is 0.330 e. The predicted molar refractivity (Wildman–Crippen MR) is 111 cm³/mol. The van der Waals surface area contributed by atoms with Gasteiger partial charge in [0.1, 0.15) is 12.6 Å². The van der Waals surface area contributed by atoms with Gasteiger partial charge in [-0.15, -0.1) is 0 Å². The van der Waals surface area contributed by atoms with Crippen molar-refractivity contribution in [3.8, 4) is 0 Å². The Hall–Kier alpha value is -3.27. The molecule has 1 aliphatic heterocycles. The highest BCUT2D eigenvalue weighted by molar-refractivity contribution is 7.80. The van der Waals surface area contributed by atoms with Gasteiger partial charge in [-0.2, -0.15) is 0 Å². The van der Waals surface area contributed by atoms with E-state index in [1.54, 1.807) is 6.92 Å². The maximum absolute atomic E-state index is 12.3. The zero-order valence-electron chi connectivity index (χ0n) is 16.5. The van der Waals surface area contributed by atoms with Gasteiger partial charge in [-0.3, -0.25) is 19.7 Å². The molecule has 0 saturated carbocycles. The van der Waals surface area contributed by atoms with Gasteiger partial charge in [0.25, 0.3) is 0 Å². The van der Waals surface area contributed by atoms with Crippen LogP contribution in [0.15, 0.2) is 42.5 Å². The van der Waals surface area contributed by atoms with Crippen LogP contribution in [0.5, 0.6) is 0 Å². The first-order valence-corrected chi connectivity index (χ1v) is 9.75. The van der Waals surface area contributed by atoms with E-state index in [1.165, 1.54) is 4.90 Å². The molecule has 9 nitrogen and oxygen atoms in total. The molecule has 2 N–H and O–H groups in total. The number of rotatable bonds is 7. The molecule has 160 valence electrons. The molecule has 1 unspecified atom stereocenters. The molecule has 0 spiro atoms. The van der Waals surface area contributed by atoms with Crippen LogP contribution in [0.2, 0.25) is 0 Å². The number of benzene rings is 1. The minimum absolute atomic E-state index is 0.0239. The quantitative estimate of drug-likeness (QED) is 0.362. The molecule has 2 rings (SSSR count). The van der Waals surface area contributed by atoms with Crippen molar-refractivity contribution in [1.29, 1.82) is 0 Å². The van der Waals surface area contributed by atoms with Crippen LogP contribution in [0, 0.1) is 0 Å². The van der Waals surface area contributed by atoms with Gasteiger partial charge in [0.2, 0.25) is 11.8 Å². The standard InChI is InChI=1S/C20H23N3O6S/c1-2-28-17(25)9-8-16(24)22-20(30)23-11-10-21-19(27)15(23)12-18(26)29-13-14-6-4-3-5-7-14/h3-9,15H,2,10-13H2,1H3,(H,21,27)(H,22,24,30). The molecule has 10 heteroatoms. The highest BCUT2D eigenvalue weighted by Gasteiger charge is 2.34. The number of thiocarbonyl (C=S) groups is 1. The molecule has 1 atom stereocenters. The van der Waals surface area contributed by atoms with Crippen molar-refractivity contribution in [3.05, 3.63) is 48.0 Å². The first kappa shape index (κ1) is 23.0. The van der Waals surface area contributed by atoms with Crippen molar-refractivity contribution in [2.24, 2.45) is 0 Å². The average molecular weight is 433 g/mol. The summed E-state index contributed by atoms with van der Waals surface area (Å²) < 4.78 is 9.93. The van der Waals surface area contributed by atoms with Gasteiger partial charge in [-0.05, 0) is 24.7 Å². The fourth-order valence-electron chi connectivity index (χ4n) is 2.67. The Morgan fingerprint density at radius 3 is 2.67 bits per heavy atom. The third-order valence-corrected chi connectivity index (χ3v) is 4.42. The minimum atomic E-state index is -0.913. The van der Waals surface area contributed by atoms with Gasteiger partial charge >= 0.3 is 11.9 Å². The number of nitrogens with zero attached hydrogens (tertiary/aromatic N) is 1. The van der Waals surface area contributed by atoms with E-state index in [0.717, 1.165) is 17.7 Å². The Morgan fingerprint density at radius 2 is 1.97 bits per heavy atom. The van der Waals surface area contributed by atoms with E-state index < -0.39 is 29.8 Å². The molecule has 1 saturated heterocycles. The van der Waals surface area contributed by atoms with E-state index in [2.05, 4.69) is 10.6 Å². The lowest BCUT2D eigenvalue weighted by Gasteiger charge is -2.36. The van der Waals surface area contributed by atoms with Crippen LogP contribution >= 0.6 is 12.2 Å². The number of amides is 2. The zero-order chi connectivity index (χ0) is 21.9. The van der Waals surface area contributed by atoms with Crippen molar-refractivity contribution in [2.75, 3.05) is 19.7 Å². The Balaban J connectivity index is 1.93. The molecule has 30 heavy (non-hydrogen) atoms. The summed E-state index contributed by atoms with van der Waals surface area (Å²) in [4.78, 5) is 49.2.